The van der Waals surface area contributed by atoms with Crippen molar-refractivity contribution >= 4 is 35.9 Å². The van der Waals surface area contributed by atoms with E-state index in [1.807, 2.05) is 31.2 Å². The number of nitrogens with two attached hydrogens (primary N) is 1. The Bertz CT molecular complexity index is 838. The molecule has 4 N–H and O–H groups in total. The fourth-order valence-electron chi connectivity index (χ4n) is 2.46. The Hall–Kier alpha value is -2.90. The van der Waals surface area contributed by atoms with Gasteiger partial charge in [0.25, 0.3) is 5.91 Å². The monoisotopic (exact) mass is 419 g/mol. The summed E-state index contributed by atoms with van der Waals surface area (Å²) >= 11 is 0. The number of anilines is 1. The molecule has 0 aliphatic rings. The highest BCUT2D eigenvalue weighted by Gasteiger charge is 2.18. The Labute approximate surface area is 176 Å². The van der Waals surface area contributed by atoms with Crippen LogP contribution < -0.4 is 16.4 Å². The molecular weight excluding hydrogens is 394 g/mol. The van der Waals surface area contributed by atoms with Crippen LogP contribution >= 0.6 is 12.4 Å². The minimum absolute atomic E-state index is 0. The zero-order valence-corrected chi connectivity index (χ0v) is 17.4. The first-order chi connectivity index (χ1) is 13.3. The summed E-state index contributed by atoms with van der Waals surface area (Å²) in [6.45, 7) is 5.46. The summed E-state index contributed by atoms with van der Waals surface area (Å²) in [5.41, 5.74) is 8.68. The number of nitrogens with one attached hydrogen (secondary N) is 2. The van der Waals surface area contributed by atoms with Crippen molar-refractivity contribution in [1.29, 1.82) is 0 Å². The number of carbonyl (C=O) groups is 3. The molecule has 0 spiro atoms. The molecule has 0 heterocycles. The van der Waals surface area contributed by atoms with Crippen LogP contribution in [-0.2, 0) is 14.3 Å². The Kier molecular flexibility index (Phi) is 9.31. The summed E-state index contributed by atoms with van der Waals surface area (Å²) in [6, 6.07) is 12.2. The van der Waals surface area contributed by atoms with Crippen molar-refractivity contribution in [2.45, 2.75) is 32.9 Å². The van der Waals surface area contributed by atoms with Crippen LogP contribution in [0.5, 0.6) is 0 Å². The second-order valence-corrected chi connectivity index (χ2v) is 6.40. The van der Waals surface area contributed by atoms with Gasteiger partial charge in [0.15, 0.2) is 0 Å². The van der Waals surface area contributed by atoms with Crippen molar-refractivity contribution in [2.75, 3.05) is 11.9 Å². The van der Waals surface area contributed by atoms with E-state index in [2.05, 4.69) is 10.6 Å². The number of carbonyl (C=O) groups excluding carboxylic acids is 3. The normalized spacial score (nSPS) is 12.1. The lowest BCUT2D eigenvalue weighted by Gasteiger charge is -2.14. The van der Waals surface area contributed by atoms with Gasteiger partial charge in [-0.1, -0.05) is 29.8 Å². The molecule has 0 saturated carbocycles. The van der Waals surface area contributed by atoms with Crippen LogP contribution in [0.25, 0.3) is 0 Å². The predicted molar refractivity (Wildman–Crippen MR) is 114 cm³/mol. The number of amides is 2. The summed E-state index contributed by atoms with van der Waals surface area (Å²) in [5.74, 6) is -1.25. The fraction of sp³-hybridized carbons (Fsp3) is 0.286. The van der Waals surface area contributed by atoms with Gasteiger partial charge in [0, 0.05) is 11.3 Å². The fourth-order valence-corrected chi connectivity index (χ4v) is 2.46. The van der Waals surface area contributed by atoms with Crippen molar-refractivity contribution in [3.8, 4) is 0 Å². The van der Waals surface area contributed by atoms with E-state index in [-0.39, 0.29) is 24.9 Å². The number of aryl methyl sites for hydroxylation is 1. The molecule has 0 radical (unpaired) electrons. The lowest BCUT2D eigenvalue weighted by Crippen LogP contribution is -2.39. The molecule has 2 unspecified atom stereocenters. The topological polar surface area (TPSA) is 111 Å². The third-order valence-corrected chi connectivity index (χ3v) is 4.12. The van der Waals surface area contributed by atoms with E-state index in [4.69, 9.17) is 10.5 Å². The third kappa shape index (κ3) is 6.89. The van der Waals surface area contributed by atoms with E-state index >= 15 is 0 Å². The molecule has 0 aliphatic carbocycles. The number of benzene rings is 2. The van der Waals surface area contributed by atoms with Crippen LogP contribution in [0.4, 0.5) is 5.69 Å². The van der Waals surface area contributed by atoms with Gasteiger partial charge in [-0.25, -0.2) is 4.79 Å². The molecule has 29 heavy (non-hydrogen) atoms. The molecule has 7 nitrogen and oxygen atoms in total. The maximum atomic E-state index is 12.3. The van der Waals surface area contributed by atoms with Gasteiger partial charge >= 0.3 is 5.97 Å². The van der Waals surface area contributed by atoms with Gasteiger partial charge in [0.1, 0.15) is 12.1 Å². The first-order valence-corrected chi connectivity index (χ1v) is 9.02. The Morgan fingerprint density at radius 3 is 2.17 bits per heavy atom. The second kappa shape index (κ2) is 11.2. The van der Waals surface area contributed by atoms with Crippen molar-refractivity contribution in [2.24, 2.45) is 5.73 Å². The van der Waals surface area contributed by atoms with E-state index in [0.29, 0.717) is 16.8 Å². The minimum Gasteiger partial charge on any atom is -0.464 e. The van der Waals surface area contributed by atoms with Crippen LogP contribution in [0.15, 0.2) is 48.5 Å². The average molecular weight is 420 g/mol. The van der Waals surface area contributed by atoms with E-state index in [1.165, 1.54) is 0 Å². The Morgan fingerprint density at radius 2 is 1.62 bits per heavy atom. The molecule has 0 bridgehead atoms. The molecule has 2 rings (SSSR count). The average Bonchev–Trinajstić information content (AvgIpc) is 2.68. The van der Waals surface area contributed by atoms with Crippen LogP contribution in [0.3, 0.4) is 0 Å². The van der Waals surface area contributed by atoms with Gasteiger partial charge in [-0.3, -0.25) is 9.59 Å². The molecule has 0 saturated heterocycles. The zero-order valence-electron chi connectivity index (χ0n) is 16.6. The second-order valence-electron chi connectivity index (χ2n) is 6.40. The van der Waals surface area contributed by atoms with Gasteiger partial charge in [0.05, 0.1) is 6.61 Å². The van der Waals surface area contributed by atoms with Crippen LogP contribution in [-0.4, -0.2) is 30.4 Å². The van der Waals surface area contributed by atoms with Crippen molar-refractivity contribution < 1.29 is 19.1 Å². The molecule has 0 aromatic heterocycles. The molecule has 2 atom stereocenters. The predicted octanol–water partition coefficient (Wildman–Crippen LogP) is 2.74. The van der Waals surface area contributed by atoms with Gasteiger partial charge in [-0.2, -0.15) is 0 Å². The van der Waals surface area contributed by atoms with Crippen molar-refractivity contribution in [1.82, 2.24) is 5.32 Å². The first kappa shape index (κ1) is 24.1. The number of hydrogen-bond acceptors (Lipinski definition) is 5. The van der Waals surface area contributed by atoms with E-state index < -0.39 is 24.0 Å². The third-order valence-electron chi connectivity index (χ3n) is 4.12. The number of rotatable bonds is 7. The molecular formula is C21H26ClN3O4. The highest BCUT2D eigenvalue weighted by Crippen LogP contribution is 2.15. The highest BCUT2D eigenvalue weighted by molar-refractivity contribution is 5.98. The van der Waals surface area contributed by atoms with E-state index in [0.717, 1.165) is 5.56 Å². The summed E-state index contributed by atoms with van der Waals surface area (Å²) < 4.78 is 4.86. The highest BCUT2D eigenvalue weighted by atomic mass is 35.5. The minimum atomic E-state index is -0.797. The quantitative estimate of drug-likeness (QED) is 0.597. The number of ether oxygens (including phenoxy) is 1. The lowest BCUT2D eigenvalue weighted by atomic mass is 10.1. The van der Waals surface area contributed by atoms with Gasteiger partial charge in [-0.05, 0) is 50.6 Å². The van der Waals surface area contributed by atoms with Crippen molar-refractivity contribution in [3.05, 3.63) is 65.2 Å². The van der Waals surface area contributed by atoms with Gasteiger partial charge < -0.3 is 21.1 Å². The molecule has 2 aromatic carbocycles. The largest absolute Gasteiger partial charge is 0.464 e. The first-order valence-electron chi connectivity index (χ1n) is 9.02. The Balaban J connectivity index is 0.00000420. The summed E-state index contributed by atoms with van der Waals surface area (Å²) in [7, 11) is 0. The van der Waals surface area contributed by atoms with Gasteiger partial charge in [-0.15, -0.1) is 12.4 Å². The lowest BCUT2D eigenvalue weighted by molar-refractivity contribution is -0.144. The molecule has 0 aliphatic heterocycles. The molecule has 0 fully saturated rings. The van der Waals surface area contributed by atoms with Gasteiger partial charge in [0.2, 0.25) is 5.91 Å². The maximum Gasteiger partial charge on any atom is 0.328 e. The summed E-state index contributed by atoms with van der Waals surface area (Å²) in [6.07, 6.45) is 0. The zero-order chi connectivity index (χ0) is 20.7. The van der Waals surface area contributed by atoms with Crippen LogP contribution in [0.1, 0.15) is 41.4 Å². The smallest absolute Gasteiger partial charge is 0.328 e. The summed E-state index contributed by atoms with van der Waals surface area (Å²) in [5, 5.41) is 5.29. The molecule has 2 amide bonds. The summed E-state index contributed by atoms with van der Waals surface area (Å²) in [4.78, 5) is 36.1. The molecule has 2 aromatic rings. The molecule has 8 heteroatoms. The Morgan fingerprint density at radius 1 is 1.03 bits per heavy atom. The van der Waals surface area contributed by atoms with Crippen LogP contribution in [0.2, 0.25) is 0 Å². The number of hydrogen-bond donors (Lipinski definition) is 3. The standard InChI is InChI=1S/C21H25N3O4.ClH/c1-4-28-21(27)14(3)23-19(25)16-9-11-17(12-10-16)24-20(26)18(22)15-7-5-13(2)6-8-15;/h5-12,14,18H,4,22H2,1-3H3,(H,23,25)(H,24,26);1H. The SMILES string of the molecule is CCOC(=O)C(C)NC(=O)c1ccc(NC(=O)C(N)c2ccc(C)cc2)cc1.Cl. The van der Waals surface area contributed by atoms with E-state index in [9.17, 15) is 14.4 Å². The maximum absolute atomic E-state index is 12.3. The number of esters is 1. The van der Waals surface area contributed by atoms with E-state index in [1.54, 1.807) is 38.1 Å². The molecule has 156 valence electrons. The van der Waals surface area contributed by atoms with Crippen molar-refractivity contribution in [3.63, 3.8) is 0 Å². The number of halogens is 1. The van der Waals surface area contributed by atoms with Crippen LogP contribution in [0, 0.1) is 6.92 Å².